The van der Waals surface area contributed by atoms with Crippen LogP contribution in [0, 0.1) is 0 Å². The van der Waals surface area contributed by atoms with Crippen LogP contribution in [0.5, 0.6) is 0 Å². The summed E-state index contributed by atoms with van der Waals surface area (Å²) in [6.45, 7) is 1.95. The van der Waals surface area contributed by atoms with Crippen LogP contribution >= 0.6 is 11.6 Å². The molecule has 2 N–H and O–H groups in total. The second kappa shape index (κ2) is 6.71. The predicted octanol–water partition coefficient (Wildman–Crippen LogP) is 1.24. The van der Waals surface area contributed by atoms with Crippen molar-refractivity contribution in [3.8, 4) is 0 Å². The number of nitrogens with zero attached hydrogens (tertiary/aromatic N) is 5. The molecule has 0 aliphatic carbocycles. The smallest absolute Gasteiger partial charge is 0.241 e. The molecule has 0 radical (unpaired) electrons. The highest BCUT2D eigenvalue weighted by Gasteiger charge is 2.29. The zero-order valence-electron chi connectivity index (χ0n) is 14.3. The average Bonchev–Trinajstić information content (AvgIpc) is 2.98. The number of carbonyl (C=O) groups excluding carboxylic acids is 1. The van der Waals surface area contributed by atoms with Crippen LogP contribution in [-0.4, -0.2) is 57.7 Å². The number of rotatable bonds is 3. The number of aromatic nitrogens is 2. The third-order valence-corrected chi connectivity index (χ3v) is 4.92. The number of amidine groups is 1. The number of aliphatic imine (C=N–C) groups is 1. The van der Waals surface area contributed by atoms with Gasteiger partial charge in [-0.1, -0.05) is 23.7 Å². The van der Waals surface area contributed by atoms with Crippen LogP contribution in [0.25, 0.3) is 0 Å². The standard InChI is InChI=1S/C17H19ClN6O2/c1-22-16-11(8-19-22)17(26)21-14(20-16)9-23-6-7-24(15(25)10-23)13-5-3-2-4-12(13)18/h2-5,8,17,26H,6-7,9-10H2,1H3,(H,20,21). The third kappa shape index (κ3) is 3.07. The maximum absolute atomic E-state index is 12.6. The predicted molar refractivity (Wildman–Crippen MR) is 99.5 cm³/mol. The van der Waals surface area contributed by atoms with Gasteiger partial charge in [-0.2, -0.15) is 5.10 Å². The van der Waals surface area contributed by atoms with Crippen LogP contribution in [-0.2, 0) is 11.8 Å². The van der Waals surface area contributed by atoms with Gasteiger partial charge < -0.3 is 15.3 Å². The fourth-order valence-corrected chi connectivity index (χ4v) is 3.49. The lowest BCUT2D eigenvalue weighted by Crippen LogP contribution is -2.52. The number of hydrogen-bond acceptors (Lipinski definition) is 6. The normalized spacial score (nSPS) is 20.6. The summed E-state index contributed by atoms with van der Waals surface area (Å²) in [5.74, 6) is 1.33. The quantitative estimate of drug-likeness (QED) is 0.844. The number of carbonyl (C=O) groups is 1. The molecule has 0 spiro atoms. The summed E-state index contributed by atoms with van der Waals surface area (Å²) in [6, 6.07) is 7.35. The minimum atomic E-state index is -0.935. The first-order valence-corrected chi connectivity index (χ1v) is 8.71. The fourth-order valence-electron chi connectivity index (χ4n) is 3.26. The van der Waals surface area contributed by atoms with Gasteiger partial charge in [-0.05, 0) is 12.1 Å². The van der Waals surface area contributed by atoms with Crippen LogP contribution in [0.15, 0.2) is 35.5 Å². The molecule has 3 heterocycles. The maximum Gasteiger partial charge on any atom is 0.241 e. The number of aryl methyl sites for hydroxylation is 1. The van der Waals surface area contributed by atoms with E-state index in [1.54, 1.807) is 28.9 Å². The summed E-state index contributed by atoms with van der Waals surface area (Å²) in [4.78, 5) is 20.6. The molecule has 2 aromatic rings. The number of aliphatic hydroxyl groups excluding tert-OH is 1. The van der Waals surface area contributed by atoms with E-state index in [1.807, 2.05) is 23.1 Å². The molecule has 8 nitrogen and oxygen atoms in total. The molecule has 1 aromatic carbocycles. The summed E-state index contributed by atoms with van der Waals surface area (Å²) in [7, 11) is 1.80. The van der Waals surface area contributed by atoms with Crippen LogP contribution in [0.1, 0.15) is 11.8 Å². The van der Waals surface area contributed by atoms with Crippen molar-refractivity contribution in [2.24, 2.45) is 12.0 Å². The highest BCUT2D eigenvalue weighted by molar-refractivity contribution is 6.33. The van der Waals surface area contributed by atoms with Crippen LogP contribution < -0.4 is 10.2 Å². The van der Waals surface area contributed by atoms with Gasteiger partial charge in [0.25, 0.3) is 0 Å². The van der Waals surface area contributed by atoms with E-state index in [2.05, 4.69) is 15.4 Å². The number of anilines is 2. The van der Waals surface area contributed by atoms with Crippen molar-refractivity contribution in [3.05, 3.63) is 41.0 Å². The molecule has 9 heteroatoms. The van der Waals surface area contributed by atoms with Crippen LogP contribution in [0.2, 0.25) is 5.02 Å². The number of amides is 1. The summed E-state index contributed by atoms with van der Waals surface area (Å²) >= 11 is 6.21. The summed E-state index contributed by atoms with van der Waals surface area (Å²) < 4.78 is 1.66. The van der Waals surface area contributed by atoms with Crippen molar-refractivity contribution < 1.29 is 9.90 Å². The Balaban J connectivity index is 1.43. The first-order valence-electron chi connectivity index (χ1n) is 8.34. The molecule has 1 fully saturated rings. The van der Waals surface area contributed by atoms with Crippen LogP contribution in [0.4, 0.5) is 11.5 Å². The van der Waals surface area contributed by atoms with Gasteiger partial charge in [0.1, 0.15) is 11.7 Å². The van der Waals surface area contributed by atoms with Crippen molar-refractivity contribution in [1.29, 1.82) is 0 Å². The molecular formula is C17H19ClN6O2. The van der Waals surface area contributed by atoms with E-state index in [-0.39, 0.29) is 12.5 Å². The number of piperazine rings is 1. The first-order chi connectivity index (χ1) is 12.5. The van der Waals surface area contributed by atoms with E-state index in [1.165, 1.54) is 0 Å². The second-order valence-electron chi connectivity index (χ2n) is 6.35. The molecule has 4 rings (SSSR count). The van der Waals surface area contributed by atoms with E-state index < -0.39 is 6.23 Å². The SMILES string of the molecule is Cn1ncc2c1NC(CN1CCN(c3ccccc3Cl)C(=O)C1)=NC2O. The van der Waals surface area contributed by atoms with Gasteiger partial charge in [0, 0.05) is 20.1 Å². The lowest BCUT2D eigenvalue weighted by atomic mass is 10.2. The molecule has 2 aliphatic rings. The number of para-hydroxylation sites is 1. The molecule has 26 heavy (non-hydrogen) atoms. The minimum Gasteiger partial charge on any atom is -0.368 e. The van der Waals surface area contributed by atoms with Gasteiger partial charge in [-0.25, -0.2) is 4.99 Å². The van der Waals surface area contributed by atoms with Gasteiger partial charge >= 0.3 is 0 Å². The zero-order chi connectivity index (χ0) is 18.3. The summed E-state index contributed by atoms with van der Waals surface area (Å²) in [6.07, 6.45) is 0.661. The van der Waals surface area contributed by atoms with Crippen molar-refractivity contribution >= 4 is 34.8 Å². The molecular weight excluding hydrogens is 356 g/mol. The fraction of sp³-hybridized carbons (Fsp3) is 0.353. The number of nitrogens with one attached hydrogen (secondary N) is 1. The third-order valence-electron chi connectivity index (χ3n) is 4.60. The van der Waals surface area contributed by atoms with Crippen molar-refractivity contribution in [3.63, 3.8) is 0 Å². The van der Waals surface area contributed by atoms with E-state index in [0.717, 1.165) is 11.5 Å². The van der Waals surface area contributed by atoms with E-state index in [0.29, 0.717) is 36.1 Å². The van der Waals surface area contributed by atoms with Gasteiger partial charge in [-0.3, -0.25) is 14.4 Å². The molecule has 1 aromatic heterocycles. The Bertz CT molecular complexity index is 880. The van der Waals surface area contributed by atoms with Gasteiger partial charge in [0.15, 0.2) is 6.23 Å². The molecule has 1 amide bonds. The first kappa shape index (κ1) is 17.0. The molecule has 1 unspecified atom stereocenters. The Morgan fingerprint density at radius 1 is 1.35 bits per heavy atom. The molecule has 2 aliphatic heterocycles. The van der Waals surface area contributed by atoms with Crippen molar-refractivity contribution in [2.75, 3.05) is 36.4 Å². The van der Waals surface area contributed by atoms with Gasteiger partial charge in [-0.15, -0.1) is 0 Å². The number of fused-ring (bicyclic) bond motifs is 1. The van der Waals surface area contributed by atoms with Crippen molar-refractivity contribution in [2.45, 2.75) is 6.23 Å². The lowest BCUT2D eigenvalue weighted by Gasteiger charge is -2.35. The average molecular weight is 375 g/mol. The molecule has 0 bridgehead atoms. The number of aliphatic hydroxyl groups is 1. The number of halogens is 1. The molecule has 1 atom stereocenters. The van der Waals surface area contributed by atoms with Gasteiger partial charge in [0.05, 0.1) is 35.6 Å². The monoisotopic (exact) mass is 374 g/mol. The summed E-state index contributed by atoms with van der Waals surface area (Å²) in [5.41, 5.74) is 1.39. The minimum absolute atomic E-state index is 0.0115. The largest absolute Gasteiger partial charge is 0.368 e. The Kier molecular flexibility index (Phi) is 4.39. The Morgan fingerprint density at radius 3 is 2.92 bits per heavy atom. The van der Waals surface area contributed by atoms with Gasteiger partial charge in [0.2, 0.25) is 5.91 Å². The van der Waals surface area contributed by atoms with E-state index >= 15 is 0 Å². The lowest BCUT2D eigenvalue weighted by molar-refractivity contribution is -0.121. The Hall–Kier alpha value is -2.42. The Morgan fingerprint density at radius 2 is 2.15 bits per heavy atom. The molecule has 1 saturated heterocycles. The topological polar surface area (TPSA) is 86.0 Å². The van der Waals surface area contributed by atoms with E-state index in [9.17, 15) is 9.90 Å². The van der Waals surface area contributed by atoms with Crippen LogP contribution in [0.3, 0.4) is 0 Å². The maximum atomic E-state index is 12.6. The second-order valence-corrected chi connectivity index (χ2v) is 6.76. The number of hydrogen-bond donors (Lipinski definition) is 2. The zero-order valence-corrected chi connectivity index (χ0v) is 15.0. The highest BCUT2D eigenvalue weighted by Crippen LogP contribution is 2.28. The number of benzene rings is 1. The van der Waals surface area contributed by atoms with Crippen molar-refractivity contribution in [1.82, 2.24) is 14.7 Å². The molecule has 0 saturated carbocycles. The molecule has 136 valence electrons. The highest BCUT2D eigenvalue weighted by atomic mass is 35.5. The Labute approximate surface area is 155 Å². The van der Waals surface area contributed by atoms with E-state index in [4.69, 9.17) is 11.6 Å². The summed E-state index contributed by atoms with van der Waals surface area (Å²) in [5, 5.41) is 18.0.